The lowest BCUT2D eigenvalue weighted by molar-refractivity contribution is -0.136. The Balaban J connectivity index is 1.50. The Kier molecular flexibility index (Phi) is 5.49. The van der Waals surface area contributed by atoms with E-state index in [4.69, 9.17) is 0 Å². The average molecular weight is 489 g/mol. The maximum atomic E-state index is 14.1. The fourth-order valence-electron chi connectivity index (χ4n) is 3.70. The zero-order chi connectivity index (χ0) is 23.2. The lowest BCUT2D eigenvalue weighted by Gasteiger charge is -2.11. The summed E-state index contributed by atoms with van der Waals surface area (Å²) in [6.07, 6.45) is -4.10. The van der Waals surface area contributed by atoms with E-state index in [9.17, 15) is 17.6 Å². The summed E-state index contributed by atoms with van der Waals surface area (Å²) in [5.41, 5.74) is 0.938. The first-order chi connectivity index (χ1) is 15.8. The molecule has 0 saturated heterocycles. The van der Waals surface area contributed by atoms with Crippen LogP contribution in [0.25, 0.3) is 32.9 Å². The van der Waals surface area contributed by atoms with Gasteiger partial charge in [0.15, 0.2) is 5.65 Å². The highest BCUT2D eigenvalue weighted by Gasteiger charge is 2.35. The van der Waals surface area contributed by atoms with Gasteiger partial charge in [0, 0.05) is 23.9 Å². The summed E-state index contributed by atoms with van der Waals surface area (Å²) in [5, 5.41) is 8.67. The van der Waals surface area contributed by atoms with Crippen molar-refractivity contribution in [2.24, 2.45) is 0 Å². The average Bonchev–Trinajstić information content (AvgIpc) is 3.52. The Labute approximate surface area is 194 Å². The minimum atomic E-state index is -4.53. The van der Waals surface area contributed by atoms with Crippen LogP contribution in [0, 0.1) is 12.7 Å². The van der Waals surface area contributed by atoms with Crippen molar-refractivity contribution in [3.63, 3.8) is 0 Å². The standard InChI is InChI=1S/C23H16F4N4S2/c1-13-21-15(23(25,26)27)11-17(19-7-4-10-32-19)29-22(21)31(30-13)9-8-20-28-18(12-33-20)14-5-2-3-6-16(14)24/h2-7,10-12H,8-9H2,1H3. The van der Waals surface area contributed by atoms with Crippen LogP contribution in [-0.4, -0.2) is 19.7 Å². The number of alkyl halides is 3. The Morgan fingerprint density at radius 1 is 1.00 bits per heavy atom. The van der Waals surface area contributed by atoms with Gasteiger partial charge in [-0.3, -0.25) is 0 Å². The molecular weight excluding hydrogens is 472 g/mol. The predicted octanol–water partition coefficient (Wildman–Crippen LogP) is 6.99. The van der Waals surface area contributed by atoms with E-state index in [0.717, 1.165) is 11.1 Å². The van der Waals surface area contributed by atoms with Gasteiger partial charge in [0.05, 0.1) is 37.9 Å². The van der Waals surface area contributed by atoms with Crippen molar-refractivity contribution in [1.29, 1.82) is 0 Å². The van der Waals surface area contributed by atoms with Crippen LogP contribution in [0.4, 0.5) is 17.6 Å². The predicted molar refractivity (Wildman–Crippen MR) is 122 cm³/mol. The molecule has 4 nitrogen and oxygen atoms in total. The first-order valence-electron chi connectivity index (χ1n) is 10.00. The summed E-state index contributed by atoms with van der Waals surface area (Å²) in [5.74, 6) is -0.354. The number of thiazole rings is 1. The molecule has 10 heteroatoms. The number of rotatable bonds is 5. The number of hydrogen-bond acceptors (Lipinski definition) is 5. The van der Waals surface area contributed by atoms with Crippen LogP contribution >= 0.6 is 22.7 Å². The highest BCUT2D eigenvalue weighted by Crippen LogP contribution is 2.39. The fourth-order valence-corrected chi connectivity index (χ4v) is 5.18. The van der Waals surface area contributed by atoms with Crippen molar-refractivity contribution >= 4 is 33.7 Å². The lowest BCUT2D eigenvalue weighted by Crippen LogP contribution is -2.08. The third-order valence-electron chi connectivity index (χ3n) is 5.20. The molecule has 0 unspecified atom stereocenters. The van der Waals surface area contributed by atoms with E-state index in [1.165, 1.54) is 33.4 Å². The molecule has 0 aliphatic heterocycles. The number of halogens is 4. The first-order valence-corrected chi connectivity index (χ1v) is 11.8. The van der Waals surface area contributed by atoms with Gasteiger partial charge in [-0.1, -0.05) is 18.2 Å². The molecule has 0 amide bonds. The molecule has 0 N–H and O–H groups in total. The largest absolute Gasteiger partial charge is 0.417 e. The van der Waals surface area contributed by atoms with Gasteiger partial charge in [-0.2, -0.15) is 18.3 Å². The quantitative estimate of drug-likeness (QED) is 0.250. The van der Waals surface area contributed by atoms with Crippen LogP contribution in [0.5, 0.6) is 0 Å². The van der Waals surface area contributed by atoms with Crippen LogP contribution in [-0.2, 0) is 19.1 Å². The Morgan fingerprint density at radius 3 is 2.55 bits per heavy atom. The van der Waals surface area contributed by atoms with Crippen molar-refractivity contribution < 1.29 is 17.6 Å². The molecule has 0 aliphatic carbocycles. The minimum absolute atomic E-state index is 0.00832. The van der Waals surface area contributed by atoms with Crippen LogP contribution in [0.1, 0.15) is 16.3 Å². The number of aryl methyl sites for hydroxylation is 3. The highest BCUT2D eigenvalue weighted by molar-refractivity contribution is 7.13. The molecular formula is C23H16F4N4S2. The minimum Gasteiger partial charge on any atom is -0.247 e. The molecule has 0 spiro atoms. The third-order valence-corrected chi connectivity index (χ3v) is 7.00. The van der Waals surface area contributed by atoms with E-state index < -0.39 is 11.7 Å². The molecule has 0 aliphatic rings. The normalized spacial score (nSPS) is 12.0. The molecule has 0 radical (unpaired) electrons. The second kappa shape index (κ2) is 8.35. The van der Waals surface area contributed by atoms with Gasteiger partial charge in [-0.25, -0.2) is 19.0 Å². The second-order valence-electron chi connectivity index (χ2n) is 7.39. The van der Waals surface area contributed by atoms with Gasteiger partial charge in [0.2, 0.25) is 0 Å². The third kappa shape index (κ3) is 4.16. The zero-order valence-corrected chi connectivity index (χ0v) is 18.9. The molecule has 0 saturated carbocycles. The topological polar surface area (TPSA) is 43.6 Å². The summed E-state index contributed by atoms with van der Waals surface area (Å²) >= 11 is 2.71. The number of thiophene rings is 1. The van der Waals surface area contributed by atoms with Crippen molar-refractivity contribution in [1.82, 2.24) is 19.7 Å². The first kappa shape index (κ1) is 21.7. The number of fused-ring (bicyclic) bond motifs is 1. The van der Waals surface area contributed by atoms with Gasteiger partial charge in [0.1, 0.15) is 5.82 Å². The van der Waals surface area contributed by atoms with Crippen molar-refractivity contribution in [2.45, 2.75) is 26.1 Å². The maximum Gasteiger partial charge on any atom is 0.417 e. The lowest BCUT2D eigenvalue weighted by atomic mass is 10.1. The number of hydrogen-bond donors (Lipinski definition) is 0. The molecule has 33 heavy (non-hydrogen) atoms. The molecule has 0 bridgehead atoms. The molecule has 0 atom stereocenters. The summed E-state index contributed by atoms with van der Waals surface area (Å²) in [6.45, 7) is 1.85. The Morgan fingerprint density at radius 2 is 1.82 bits per heavy atom. The van der Waals surface area contributed by atoms with E-state index in [2.05, 4.69) is 15.1 Å². The van der Waals surface area contributed by atoms with Crippen LogP contribution < -0.4 is 0 Å². The molecule has 5 aromatic rings. The van der Waals surface area contributed by atoms with Crippen molar-refractivity contribution in [3.05, 3.63) is 75.3 Å². The summed E-state index contributed by atoms with van der Waals surface area (Å²) in [6, 6.07) is 11.0. The van der Waals surface area contributed by atoms with Gasteiger partial charge < -0.3 is 0 Å². The van der Waals surface area contributed by atoms with Gasteiger partial charge in [-0.15, -0.1) is 22.7 Å². The molecule has 5 rings (SSSR count). The molecule has 1 aromatic carbocycles. The highest BCUT2D eigenvalue weighted by atomic mass is 32.1. The van der Waals surface area contributed by atoms with E-state index in [1.54, 1.807) is 48.0 Å². The SMILES string of the molecule is Cc1nn(CCc2nc(-c3ccccc3F)cs2)c2nc(-c3cccs3)cc(C(F)(F)F)c12. The van der Waals surface area contributed by atoms with Crippen molar-refractivity contribution in [2.75, 3.05) is 0 Å². The maximum absolute atomic E-state index is 14.1. The monoisotopic (exact) mass is 488 g/mol. The van der Waals surface area contributed by atoms with E-state index in [1.807, 2.05) is 0 Å². The summed E-state index contributed by atoms with van der Waals surface area (Å²) in [4.78, 5) is 9.69. The Bertz CT molecular complexity index is 1430. The number of benzene rings is 1. The smallest absolute Gasteiger partial charge is 0.247 e. The number of nitrogens with zero attached hydrogens (tertiary/aromatic N) is 4. The molecule has 4 aromatic heterocycles. The van der Waals surface area contributed by atoms with Gasteiger partial charge in [-0.05, 0) is 36.6 Å². The zero-order valence-electron chi connectivity index (χ0n) is 17.2. The van der Waals surface area contributed by atoms with Crippen LogP contribution in [0.3, 0.4) is 0 Å². The van der Waals surface area contributed by atoms with E-state index in [-0.39, 0.29) is 28.2 Å². The van der Waals surface area contributed by atoms with Crippen LogP contribution in [0.15, 0.2) is 53.2 Å². The van der Waals surface area contributed by atoms with Gasteiger partial charge in [0.25, 0.3) is 0 Å². The second-order valence-corrected chi connectivity index (χ2v) is 9.28. The molecule has 4 heterocycles. The molecule has 168 valence electrons. The fraction of sp³-hybridized carbons (Fsp3) is 0.174. The van der Waals surface area contributed by atoms with Crippen LogP contribution in [0.2, 0.25) is 0 Å². The van der Waals surface area contributed by atoms with E-state index >= 15 is 0 Å². The number of aromatic nitrogens is 4. The van der Waals surface area contributed by atoms with E-state index in [0.29, 0.717) is 29.1 Å². The van der Waals surface area contributed by atoms with Crippen molar-refractivity contribution in [3.8, 4) is 21.8 Å². The summed E-state index contributed by atoms with van der Waals surface area (Å²) in [7, 11) is 0. The summed E-state index contributed by atoms with van der Waals surface area (Å²) < 4.78 is 57.2. The Hall–Kier alpha value is -3.11. The van der Waals surface area contributed by atoms with Gasteiger partial charge >= 0.3 is 6.18 Å². The molecule has 0 fully saturated rings. The number of pyridine rings is 1.